The topological polar surface area (TPSA) is 0 Å². The lowest BCUT2D eigenvalue weighted by Gasteiger charge is -2.12. The lowest BCUT2D eigenvalue weighted by molar-refractivity contribution is 0.404. The highest BCUT2D eigenvalue weighted by Crippen LogP contribution is 2.31. The highest BCUT2D eigenvalue weighted by atomic mass is 19.1. The van der Waals surface area contributed by atoms with Crippen LogP contribution in [0.25, 0.3) is 0 Å². The molecule has 13 heavy (non-hydrogen) atoms. The highest BCUT2D eigenvalue weighted by molar-refractivity contribution is 5.32. The Kier molecular flexibility index (Phi) is 2.10. The molecule has 1 aliphatic rings. The molecule has 1 aromatic rings. The summed E-state index contributed by atoms with van der Waals surface area (Å²) < 4.78 is 12.9. The third-order valence-corrected chi connectivity index (χ3v) is 3.08. The molecule has 1 unspecified atom stereocenters. The van der Waals surface area contributed by atoms with E-state index >= 15 is 0 Å². The van der Waals surface area contributed by atoms with Gasteiger partial charge in [-0.3, -0.25) is 0 Å². The molecule has 1 aromatic carbocycles. The SMILES string of the molecule is CC(C)C1Cc2ccc(F)cc2C1. The second kappa shape index (κ2) is 3.13. The fourth-order valence-corrected chi connectivity index (χ4v) is 2.09. The van der Waals surface area contributed by atoms with Crippen molar-refractivity contribution in [3.8, 4) is 0 Å². The molecule has 0 bridgehead atoms. The van der Waals surface area contributed by atoms with Crippen LogP contribution < -0.4 is 0 Å². The first-order chi connectivity index (χ1) is 6.16. The Labute approximate surface area is 78.8 Å². The van der Waals surface area contributed by atoms with E-state index < -0.39 is 0 Å². The van der Waals surface area contributed by atoms with E-state index in [-0.39, 0.29) is 5.82 Å². The highest BCUT2D eigenvalue weighted by Gasteiger charge is 2.23. The molecule has 2 rings (SSSR count). The summed E-state index contributed by atoms with van der Waals surface area (Å²) in [7, 11) is 0. The molecule has 1 aliphatic carbocycles. The summed E-state index contributed by atoms with van der Waals surface area (Å²) in [4.78, 5) is 0. The van der Waals surface area contributed by atoms with Gasteiger partial charge < -0.3 is 0 Å². The van der Waals surface area contributed by atoms with Crippen LogP contribution in [0.3, 0.4) is 0 Å². The molecule has 0 aromatic heterocycles. The van der Waals surface area contributed by atoms with Gasteiger partial charge in [-0.25, -0.2) is 4.39 Å². The van der Waals surface area contributed by atoms with E-state index in [9.17, 15) is 4.39 Å². The maximum Gasteiger partial charge on any atom is 0.123 e. The molecule has 70 valence electrons. The summed E-state index contributed by atoms with van der Waals surface area (Å²) >= 11 is 0. The van der Waals surface area contributed by atoms with Crippen molar-refractivity contribution in [1.82, 2.24) is 0 Å². The largest absolute Gasteiger partial charge is 0.207 e. The molecule has 0 saturated carbocycles. The van der Waals surface area contributed by atoms with E-state index in [1.807, 2.05) is 6.07 Å². The van der Waals surface area contributed by atoms with E-state index in [0.717, 1.165) is 18.8 Å². The molecule has 0 aliphatic heterocycles. The van der Waals surface area contributed by atoms with Crippen molar-refractivity contribution >= 4 is 0 Å². The van der Waals surface area contributed by atoms with E-state index in [4.69, 9.17) is 0 Å². The maximum atomic E-state index is 12.9. The summed E-state index contributed by atoms with van der Waals surface area (Å²) in [6.07, 6.45) is 2.19. The zero-order valence-corrected chi connectivity index (χ0v) is 8.18. The predicted molar refractivity (Wildman–Crippen MR) is 52.1 cm³/mol. The van der Waals surface area contributed by atoms with Gasteiger partial charge in [-0.2, -0.15) is 0 Å². The van der Waals surface area contributed by atoms with Gasteiger partial charge in [0.2, 0.25) is 0 Å². The van der Waals surface area contributed by atoms with Gasteiger partial charge in [0.05, 0.1) is 0 Å². The zero-order chi connectivity index (χ0) is 9.42. The van der Waals surface area contributed by atoms with Crippen LogP contribution in [0.15, 0.2) is 18.2 Å². The average molecular weight is 178 g/mol. The Hall–Kier alpha value is -0.850. The van der Waals surface area contributed by atoms with Crippen molar-refractivity contribution in [2.75, 3.05) is 0 Å². The minimum atomic E-state index is -0.0943. The molecular weight excluding hydrogens is 163 g/mol. The number of hydrogen-bond donors (Lipinski definition) is 0. The number of halogens is 1. The average Bonchev–Trinajstić information content (AvgIpc) is 2.46. The minimum Gasteiger partial charge on any atom is -0.207 e. The van der Waals surface area contributed by atoms with Gasteiger partial charge in [0.15, 0.2) is 0 Å². The van der Waals surface area contributed by atoms with Crippen LogP contribution in [0.1, 0.15) is 25.0 Å². The second-order valence-electron chi connectivity index (χ2n) is 4.33. The fourth-order valence-electron chi connectivity index (χ4n) is 2.09. The van der Waals surface area contributed by atoms with Gasteiger partial charge in [0, 0.05) is 0 Å². The molecular formula is C12H15F. The number of benzene rings is 1. The first kappa shape index (κ1) is 8.74. The predicted octanol–water partition coefficient (Wildman–Crippen LogP) is 3.20. The van der Waals surface area contributed by atoms with Gasteiger partial charge in [0.25, 0.3) is 0 Å². The lowest BCUT2D eigenvalue weighted by Crippen LogP contribution is -2.07. The van der Waals surface area contributed by atoms with E-state index in [2.05, 4.69) is 13.8 Å². The quantitative estimate of drug-likeness (QED) is 0.619. The molecule has 1 atom stereocenters. The molecule has 0 nitrogen and oxygen atoms in total. The van der Waals surface area contributed by atoms with Crippen LogP contribution in [0.4, 0.5) is 4.39 Å². The monoisotopic (exact) mass is 178 g/mol. The molecule has 0 heterocycles. The summed E-state index contributed by atoms with van der Waals surface area (Å²) in [6, 6.07) is 5.20. The Bertz CT molecular complexity index is 315. The molecule has 0 radical (unpaired) electrons. The van der Waals surface area contributed by atoms with Crippen molar-refractivity contribution in [1.29, 1.82) is 0 Å². The summed E-state index contributed by atoms with van der Waals surface area (Å²) in [5.74, 6) is 1.33. The van der Waals surface area contributed by atoms with Gasteiger partial charge in [-0.1, -0.05) is 19.9 Å². The van der Waals surface area contributed by atoms with Crippen molar-refractivity contribution in [3.05, 3.63) is 35.1 Å². The standard InChI is InChI=1S/C12H15F/c1-8(2)10-5-9-3-4-12(13)7-11(9)6-10/h3-4,7-8,10H,5-6H2,1-2H3. The van der Waals surface area contributed by atoms with Gasteiger partial charge in [-0.05, 0) is 47.9 Å². The Morgan fingerprint density at radius 3 is 2.62 bits per heavy atom. The van der Waals surface area contributed by atoms with E-state index in [1.54, 1.807) is 12.1 Å². The molecule has 0 N–H and O–H groups in total. The molecule has 0 amide bonds. The van der Waals surface area contributed by atoms with Crippen molar-refractivity contribution in [2.24, 2.45) is 11.8 Å². The minimum absolute atomic E-state index is 0.0943. The van der Waals surface area contributed by atoms with Crippen molar-refractivity contribution < 1.29 is 4.39 Å². The Morgan fingerprint density at radius 2 is 1.92 bits per heavy atom. The lowest BCUT2D eigenvalue weighted by atomic mass is 9.93. The van der Waals surface area contributed by atoms with Crippen LogP contribution in [0.2, 0.25) is 0 Å². The number of fused-ring (bicyclic) bond motifs is 1. The van der Waals surface area contributed by atoms with Gasteiger partial charge in [0.1, 0.15) is 5.82 Å². The van der Waals surface area contributed by atoms with Crippen LogP contribution in [-0.4, -0.2) is 0 Å². The van der Waals surface area contributed by atoms with Gasteiger partial charge >= 0.3 is 0 Å². The third kappa shape index (κ3) is 1.60. The van der Waals surface area contributed by atoms with Crippen LogP contribution >= 0.6 is 0 Å². The maximum absolute atomic E-state index is 12.9. The normalized spacial score (nSPS) is 20.8. The van der Waals surface area contributed by atoms with Crippen LogP contribution in [-0.2, 0) is 12.8 Å². The van der Waals surface area contributed by atoms with E-state index in [1.165, 1.54) is 11.1 Å². The summed E-state index contributed by atoms with van der Waals surface area (Å²) in [6.45, 7) is 4.49. The van der Waals surface area contributed by atoms with Crippen LogP contribution in [0, 0.1) is 17.7 Å². The van der Waals surface area contributed by atoms with Crippen LogP contribution in [0.5, 0.6) is 0 Å². The second-order valence-corrected chi connectivity index (χ2v) is 4.33. The fraction of sp³-hybridized carbons (Fsp3) is 0.500. The molecule has 0 saturated heterocycles. The first-order valence-electron chi connectivity index (χ1n) is 4.94. The zero-order valence-electron chi connectivity index (χ0n) is 8.18. The number of hydrogen-bond acceptors (Lipinski definition) is 0. The van der Waals surface area contributed by atoms with E-state index in [0.29, 0.717) is 5.92 Å². The molecule has 0 spiro atoms. The summed E-state index contributed by atoms with van der Waals surface area (Å²) in [5, 5.41) is 0. The van der Waals surface area contributed by atoms with Crippen molar-refractivity contribution in [3.63, 3.8) is 0 Å². The first-order valence-corrected chi connectivity index (χ1v) is 4.94. The van der Waals surface area contributed by atoms with Crippen molar-refractivity contribution in [2.45, 2.75) is 26.7 Å². The summed E-state index contributed by atoms with van der Waals surface area (Å²) in [5.41, 5.74) is 2.57. The molecule has 0 fully saturated rings. The number of rotatable bonds is 1. The molecule has 1 heteroatoms. The Balaban J connectivity index is 2.25. The third-order valence-electron chi connectivity index (χ3n) is 3.08. The smallest absolute Gasteiger partial charge is 0.123 e. The Morgan fingerprint density at radius 1 is 1.23 bits per heavy atom. The van der Waals surface area contributed by atoms with Gasteiger partial charge in [-0.15, -0.1) is 0 Å².